The summed E-state index contributed by atoms with van der Waals surface area (Å²) >= 11 is 0. The Morgan fingerprint density at radius 2 is 1.27 bits per heavy atom. The minimum atomic E-state index is -0.297. The SMILES string of the molecule is CN1C2CCC1CC(OC(c1ccc(F)cc1)c1ccc(F)cc1)C2.[Cl-]. The fourth-order valence-electron chi connectivity index (χ4n) is 4.29. The van der Waals surface area contributed by atoms with Gasteiger partial charge in [0.15, 0.2) is 0 Å². The zero-order chi connectivity index (χ0) is 17.4. The molecule has 2 nitrogen and oxygen atoms in total. The van der Waals surface area contributed by atoms with Gasteiger partial charge >= 0.3 is 0 Å². The highest BCUT2D eigenvalue weighted by molar-refractivity contribution is 5.30. The van der Waals surface area contributed by atoms with Crippen LogP contribution in [-0.2, 0) is 4.74 Å². The zero-order valence-electron chi connectivity index (χ0n) is 14.7. The van der Waals surface area contributed by atoms with E-state index in [0.29, 0.717) is 12.1 Å². The molecule has 5 heteroatoms. The van der Waals surface area contributed by atoms with E-state index in [-0.39, 0.29) is 36.2 Å². The highest BCUT2D eigenvalue weighted by Crippen LogP contribution is 2.38. The summed E-state index contributed by atoms with van der Waals surface area (Å²) in [5, 5.41) is 0. The summed E-state index contributed by atoms with van der Waals surface area (Å²) in [5.74, 6) is -0.530. The molecule has 0 spiro atoms. The molecule has 2 bridgehead atoms. The van der Waals surface area contributed by atoms with E-state index in [1.807, 2.05) is 0 Å². The van der Waals surface area contributed by atoms with Gasteiger partial charge in [-0.3, -0.25) is 0 Å². The first kappa shape index (κ1) is 19.3. The molecule has 140 valence electrons. The summed E-state index contributed by atoms with van der Waals surface area (Å²) in [6, 6.07) is 14.0. The molecule has 0 N–H and O–H groups in total. The number of nitrogens with zero attached hydrogens (tertiary/aromatic N) is 1. The van der Waals surface area contributed by atoms with Crippen molar-refractivity contribution in [1.82, 2.24) is 4.90 Å². The van der Waals surface area contributed by atoms with Gasteiger partial charge in [-0.2, -0.15) is 0 Å². The second-order valence-electron chi connectivity index (χ2n) is 7.26. The van der Waals surface area contributed by atoms with E-state index in [1.165, 1.54) is 37.1 Å². The van der Waals surface area contributed by atoms with Crippen LogP contribution in [0, 0.1) is 11.6 Å². The van der Waals surface area contributed by atoms with Gasteiger partial charge in [0.2, 0.25) is 0 Å². The molecule has 2 heterocycles. The number of hydrogen-bond acceptors (Lipinski definition) is 2. The van der Waals surface area contributed by atoms with E-state index in [4.69, 9.17) is 4.74 Å². The molecule has 2 aromatic carbocycles. The molecule has 0 saturated carbocycles. The van der Waals surface area contributed by atoms with Crippen LogP contribution in [0.3, 0.4) is 0 Å². The zero-order valence-corrected chi connectivity index (χ0v) is 15.5. The number of rotatable bonds is 4. The molecule has 0 aromatic heterocycles. The quantitative estimate of drug-likeness (QED) is 0.803. The Morgan fingerprint density at radius 3 is 1.69 bits per heavy atom. The topological polar surface area (TPSA) is 12.5 Å². The number of piperidine rings is 1. The van der Waals surface area contributed by atoms with Crippen LogP contribution in [0.15, 0.2) is 48.5 Å². The highest BCUT2D eigenvalue weighted by atomic mass is 35.5. The third-order valence-corrected chi connectivity index (χ3v) is 5.73. The lowest BCUT2D eigenvalue weighted by molar-refractivity contribution is -0.0426. The average Bonchev–Trinajstić information content (AvgIpc) is 2.83. The van der Waals surface area contributed by atoms with Crippen LogP contribution in [0.4, 0.5) is 8.78 Å². The largest absolute Gasteiger partial charge is 1.00 e. The Bertz CT molecular complexity index is 662. The highest BCUT2D eigenvalue weighted by Gasteiger charge is 2.39. The molecular weight excluding hydrogens is 356 g/mol. The summed E-state index contributed by atoms with van der Waals surface area (Å²) in [5.41, 5.74) is 1.80. The number of benzene rings is 2. The monoisotopic (exact) mass is 378 g/mol. The summed E-state index contributed by atoms with van der Waals surface area (Å²) in [6.07, 6.45) is 4.39. The van der Waals surface area contributed by atoms with Gasteiger partial charge < -0.3 is 22.0 Å². The van der Waals surface area contributed by atoms with Gasteiger partial charge in [-0.25, -0.2) is 8.78 Å². The maximum atomic E-state index is 13.3. The van der Waals surface area contributed by atoms with Gasteiger partial charge in [0, 0.05) is 12.1 Å². The van der Waals surface area contributed by atoms with Crippen molar-refractivity contribution in [2.75, 3.05) is 7.05 Å². The maximum absolute atomic E-state index is 13.3. The lowest BCUT2D eigenvalue weighted by atomic mass is 9.97. The first-order valence-electron chi connectivity index (χ1n) is 8.98. The predicted octanol–water partition coefficient (Wildman–Crippen LogP) is 1.70. The Labute approximate surface area is 159 Å². The van der Waals surface area contributed by atoms with Gasteiger partial charge in [-0.1, -0.05) is 24.3 Å². The van der Waals surface area contributed by atoms with E-state index in [1.54, 1.807) is 24.3 Å². The summed E-state index contributed by atoms with van der Waals surface area (Å²) in [7, 11) is 2.20. The van der Waals surface area contributed by atoms with Gasteiger partial charge in [-0.05, 0) is 68.1 Å². The van der Waals surface area contributed by atoms with Crippen molar-refractivity contribution in [3.05, 3.63) is 71.3 Å². The molecule has 4 rings (SSSR count). The molecule has 2 unspecified atom stereocenters. The van der Waals surface area contributed by atoms with E-state index >= 15 is 0 Å². The number of ether oxygens (including phenoxy) is 1. The Morgan fingerprint density at radius 1 is 0.846 bits per heavy atom. The fourth-order valence-corrected chi connectivity index (χ4v) is 4.29. The van der Waals surface area contributed by atoms with E-state index < -0.39 is 0 Å². The molecule has 0 aliphatic carbocycles. The van der Waals surface area contributed by atoms with Gasteiger partial charge in [0.1, 0.15) is 17.7 Å². The van der Waals surface area contributed by atoms with Crippen LogP contribution in [0.1, 0.15) is 42.9 Å². The lowest BCUT2D eigenvalue weighted by Crippen LogP contribution is -3.00. The smallest absolute Gasteiger partial charge is 0.123 e. The Hall–Kier alpha value is -1.49. The molecule has 2 saturated heterocycles. The first-order chi connectivity index (χ1) is 12.1. The van der Waals surface area contributed by atoms with Crippen molar-refractivity contribution in [3.63, 3.8) is 0 Å². The van der Waals surface area contributed by atoms with E-state index in [0.717, 1.165) is 24.0 Å². The summed E-state index contributed by atoms with van der Waals surface area (Å²) < 4.78 is 33.1. The maximum Gasteiger partial charge on any atom is 0.123 e. The van der Waals surface area contributed by atoms with Gasteiger partial charge in [0.05, 0.1) is 6.10 Å². The second-order valence-corrected chi connectivity index (χ2v) is 7.26. The molecular formula is C21H23ClF2NO-. The fraction of sp³-hybridized carbons (Fsp3) is 0.429. The van der Waals surface area contributed by atoms with Crippen molar-refractivity contribution in [2.45, 2.75) is 50.0 Å². The molecule has 2 aliphatic heterocycles. The summed E-state index contributed by atoms with van der Waals surface area (Å²) in [4.78, 5) is 2.48. The Kier molecular flexibility index (Phi) is 5.96. The minimum absolute atomic E-state index is 0. The third-order valence-electron chi connectivity index (χ3n) is 5.73. The van der Waals surface area contributed by atoms with Gasteiger partial charge in [-0.15, -0.1) is 0 Å². The number of hydrogen-bond donors (Lipinski definition) is 0. The van der Waals surface area contributed by atoms with E-state index in [9.17, 15) is 8.78 Å². The van der Waals surface area contributed by atoms with Crippen LogP contribution < -0.4 is 12.4 Å². The molecule has 2 aliphatic rings. The minimum Gasteiger partial charge on any atom is -1.00 e. The molecule has 2 fully saturated rings. The second kappa shape index (κ2) is 8.03. The molecule has 0 amide bonds. The van der Waals surface area contributed by atoms with Crippen LogP contribution >= 0.6 is 0 Å². The van der Waals surface area contributed by atoms with Crippen molar-refractivity contribution in [1.29, 1.82) is 0 Å². The molecule has 2 atom stereocenters. The van der Waals surface area contributed by atoms with Crippen molar-refractivity contribution in [3.8, 4) is 0 Å². The average molecular weight is 379 g/mol. The first-order valence-corrected chi connectivity index (χ1v) is 8.98. The van der Waals surface area contributed by atoms with Crippen LogP contribution in [-0.4, -0.2) is 30.1 Å². The van der Waals surface area contributed by atoms with Gasteiger partial charge in [0.25, 0.3) is 0 Å². The third kappa shape index (κ3) is 3.93. The van der Waals surface area contributed by atoms with Crippen molar-refractivity contribution in [2.24, 2.45) is 0 Å². The lowest BCUT2D eigenvalue weighted by Gasteiger charge is -2.38. The standard InChI is InChI=1S/C21H23F2NO.ClH/c1-24-18-10-11-19(24)13-20(12-18)25-21(14-2-6-16(22)7-3-14)15-4-8-17(23)9-5-15;/h2-9,18-21H,10-13H2,1H3;1H/p-1. The number of fused-ring (bicyclic) bond motifs is 2. The predicted molar refractivity (Wildman–Crippen MR) is 93.3 cm³/mol. The Balaban J connectivity index is 0.00000196. The molecule has 0 radical (unpaired) electrons. The van der Waals surface area contributed by atoms with Crippen LogP contribution in [0.5, 0.6) is 0 Å². The van der Waals surface area contributed by atoms with Crippen molar-refractivity contribution >= 4 is 0 Å². The normalized spacial score (nSPS) is 25.3. The van der Waals surface area contributed by atoms with Crippen LogP contribution in [0.2, 0.25) is 0 Å². The van der Waals surface area contributed by atoms with Crippen molar-refractivity contribution < 1.29 is 25.9 Å². The molecule has 2 aromatic rings. The number of halogens is 3. The van der Waals surface area contributed by atoms with E-state index in [2.05, 4.69) is 11.9 Å². The molecule has 26 heavy (non-hydrogen) atoms. The van der Waals surface area contributed by atoms with Crippen LogP contribution in [0.25, 0.3) is 0 Å². The summed E-state index contributed by atoms with van der Waals surface area (Å²) in [6.45, 7) is 0.